The summed E-state index contributed by atoms with van der Waals surface area (Å²) in [5, 5.41) is 0. The van der Waals surface area contributed by atoms with Crippen molar-refractivity contribution in [2.75, 3.05) is 0 Å². The van der Waals surface area contributed by atoms with Crippen LogP contribution in [0.3, 0.4) is 0 Å². The van der Waals surface area contributed by atoms with Crippen LogP contribution in [-0.4, -0.2) is 11.8 Å². The number of ether oxygens (including phenoxy) is 1. The Balaban J connectivity index is 0.00000243. The van der Waals surface area contributed by atoms with E-state index in [1.54, 1.807) is 60.7 Å². The molecule has 0 N–H and O–H groups in total. The second-order valence-electron chi connectivity index (χ2n) is 5.35. The number of allylic oxidation sites excluding steroid dienone is 1. The van der Waals surface area contributed by atoms with Gasteiger partial charge < -0.3 is 4.74 Å². The van der Waals surface area contributed by atoms with Crippen molar-refractivity contribution in [3.8, 4) is 5.75 Å². The number of hydrogen-bond acceptors (Lipinski definition) is 3. The Morgan fingerprint density at radius 2 is 1.31 bits per heavy atom. The number of rotatable bonds is 5. The molecule has 0 saturated carbocycles. The predicted octanol–water partition coefficient (Wildman–Crippen LogP) is 4.80. The van der Waals surface area contributed by atoms with Crippen LogP contribution in [0.25, 0.3) is 6.08 Å². The summed E-state index contributed by atoms with van der Waals surface area (Å²) >= 11 is 0. The van der Waals surface area contributed by atoms with Crippen molar-refractivity contribution in [1.82, 2.24) is 0 Å². The van der Waals surface area contributed by atoms with Crippen LogP contribution in [-0.2, 0) is 22.4 Å². The molecule has 0 aliphatic rings. The molecule has 0 spiro atoms. The third-order valence-corrected chi connectivity index (χ3v) is 3.61. The van der Waals surface area contributed by atoms with Crippen molar-refractivity contribution in [2.24, 2.45) is 0 Å². The third-order valence-electron chi connectivity index (χ3n) is 3.61. The molecule has 0 unspecified atom stereocenters. The fourth-order valence-electron chi connectivity index (χ4n) is 2.34. The topological polar surface area (TPSA) is 43.4 Å². The molecule has 3 nitrogen and oxygen atoms in total. The molecule has 0 aromatic heterocycles. The number of carbonyl (C=O) groups excluding carboxylic acids is 2. The molecule has 0 atom stereocenters. The van der Waals surface area contributed by atoms with E-state index < -0.39 is 5.97 Å². The number of para-hydroxylation sites is 1. The van der Waals surface area contributed by atoms with Gasteiger partial charge >= 0.3 is 5.97 Å². The molecule has 3 rings (SSSR count). The van der Waals surface area contributed by atoms with Crippen molar-refractivity contribution in [2.45, 2.75) is 0 Å². The van der Waals surface area contributed by atoms with E-state index in [2.05, 4.69) is 0 Å². The van der Waals surface area contributed by atoms with E-state index in [9.17, 15) is 9.59 Å². The third kappa shape index (κ3) is 5.14. The summed E-state index contributed by atoms with van der Waals surface area (Å²) in [6.45, 7) is 0. The molecule has 4 heteroatoms. The van der Waals surface area contributed by atoms with E-state index in [0.29, 0.717) is 22.4 Å². The number of hydrogen-bond donors (Lipinski definition) is 0. The van der Waals surface area contributed by atoms with Crippen LogP contribution in [0.2, 0.25) is 0 Å². The first-order valence-corrected chi connectivity index (χ1v) is 7.88. The summed E-state index contributed by atoms with van der Waals surface area (Å²) in [5.74, 6) is -0.0999. The van der Waals surface area contributed by atoms with Crippen molar-refractivity contribution in [3.63, 3.8) is 0 Å². The molecular weight excluding hydrogens is 420 g/mol. The van der Waals surface area contributed by atoms with E-state index in [4.69, 9.17) is 4.74 Å². The van der Waals surface area contributed by atoms with E-state index in [1.165, 1.54) is 6.08 Å². The smallest absolute Gasteiger partial charge is 0.344 e. The second-order valence-corrected chi connectivity index (χ2v) is 5.35. The molecule has 1 radical (unpaired) electrons. The molecule has 26 heavy (non-hydrogen) atoms. The number of carbonyl (C=O) groups is 2. The summed E-state index contributed by atoms with van der Waals surface area (Å²) in [5.41, 5.74) is 1.64. The zero-order chi connectivity index (χ0) is 17.5. The van der Waals surface area contributed by atoms with Gasteiger partial charge in [-0.25, -0.2) is 4.79 Å². The second kappa shape index (κ2) is 9.68. The largest absolute Gasteiger partial charge is 0.423 e. The number of ketones is 1. The van der Waals surface area contributed by atoms with Gasteiger partial charge in [-0.1, -0.05) is 72.8 Å². The first kappa shape index (κ1) is 19.6. The van der Waals surface area contributed by atoms with Crippen LogP contribution in [0, 0.1) is 0 Å². The summed E-state index contributed by atoms with van der Waals surface area (Å²) < 4.78 is 5.37. The van der Waals surface area contributed by atoms with Gasteiger partial charge in [0.05, 0.1) is 5.56 Å². The SMILES string of the molecule is O=C(/C=C/c1ccccc1C(=O)Oc1ccccc1)c1ccccc1.[Ag]. The van der Waals surface area contributed by atoms with Gasteiger partial charge in [0.2, 0.25) is 0 Å². The van der Waals surface area contributed by atoms with Crippen molar-refractivity contribution in [3.05, 3.63) is 108 Å². The van der Waals surface area contributed by atoms with E-state index in [-0.39, 0.29) is 28.2 Å². The Bertz CT molecular complexity index is 903. The predicted molar refractivity (Wildman–Crippen MR) is 97.6 cm³/mol. The van der Waals surface area contributed by atoms with Crippen LogP contribution in [0.15, 0.2) is 91.0 Å². The molecule has 0 saturated heterocycles. The minimum Gasteiger partial charge on any atom is -0.423 e. The maximum absolute atomic E-state index is 12.4. The molecule has 0 fully saturated rings. The zero-order valence-electron chi connectivity index (χ0n) is 13.8. The van der Waals surface area contributed by atoms with E-state index in [0.717, 1.165) is 0 Å². The van der Waals surface area contributed by atoms with Crippen molar-refractivity contribution >= 4 is 17.8 Å². The molecule has 0 aliphatic heterocycles. The molecule has 0 aliphatic carbocycles. The minimum atomic E-state index is -0.460. The fourth-order valence-corrected chi connectivity index (χ4v) is 2.34. The minimum absolute atomic E-state index is 0. The van der Waals surface area contributed by atoms with Gasteiger partial charge in [0, 0.05) is 27.9 Å². The Morgan fingerprint density at radius 1 is 0.731 bits per heavy atom. The van der Waals surface area contributed by atoms with Crippen molar-refractivity contribution < 1.29 is 36.7 Å². The van der Waals surface area contributed by atoms with Gasteiger partial charge in [-0.3, -0.25) is 4.79 Å². The van der Waals surface area contributed by atoms with Crippen LogP contribution < -0.4 is 4.74 Å². The molecule has 0 heterocycles. The summed E-state index contributed by atoms with van der Waals surface area (Å²) in [7, 11) is 0. The standard InChI is InChI=1S/C22H16O3.Ag/c23-21(18-10-3-1-4-11-18)16-15-17-9-7-8-14-20(17)22(24)25-19-12-5-2-6-13-19;/h1-16H;/b16-15+;. The van der Waals surface area contributed by atoms with E-state index >= 15 is 0 Å². The van der Waals surface area contributed by atoms with Crippen LogP contribution >= 0.6 is 0 Å². The van der Waals surface area contributed by atoms with Gasteiger partial charge in [0.15, 0.2) is 5.78 Å². The number of benzene rings is 3. The Labute approximate surface area is 167 Å². The van der Waals surface area contributed by atoms with Gasteiger partial charge in [0.1, 0.15) is 5.75 Å². The normalized spacial score (nSPS) is 10.2. The molecule has 0 bridgehead atoms. The summed E-state index contributed by atoms with van der Waals surface area (Å²) in [4.78, 5) is 24.6. The van der Waals surface area contributed by atoms with Gasteiger partial charge in [-0.05, 0) is 29.8 Å². The average Bonchev–Trinajstić information content (AvgIpc) is 2.68. The Kier molecular flexibility index (Phi) is 7.30. The summed E-state index contributed by atoms with van der Waals surface area (Å²) in [6.07, 6.45) is 3.10. The maximum Gasteiger partial charge on any atom is 0.344 e. The number of esters is 1. The first-order valence-electron chi connectivity index (χ1n) is 7.88. The van der Waals surface area contributed by atoms with Crippen LogP contribution in [0.1, 0.15) is 26.3 Å². The first-order chi connectivity index (χ1) is 12.2. The Morgan fingerprint density at radius 3 is 2.00 bits per heavy atom. The quantitative estimate of drug-likeness (QED) is 0.190. The average molecular weight is 436 g/mol. The molecule has 133 valence electrons. The maximum atomic E-state index is 12.4. The zero-order valence-corrected chi connectivity index (χ0v) is 15.2. The van der Waals surface area contributed by atoms with Gasteiger partial charge in [-0.2, -0.15) is 0 Å². The summed E-state index contributed by atoms with van der Waals surface area (Å²) in [6, 6.07) is 24.9. The Hall–Kier alpha value is -2.72. The fraction of sp³-hybridized carbons (Fsp3) is 0. The van der Waals surface area contributed by atoms with E-state index in [1.807, 2.05) is 30.3 Å². The van der Waals surface area contributed by atoms with Crippen LogP contribution in [0.4, 0.5) is 0 Å². The molecule has 3 aromatic rings. The van der Waals surface area contributed by atoms with Crippen molar-refractivity contribution in [1.29, 1.82) is 0 Å². The van der Waals surface area contributed by atoms with Gasteiger partial charge in [0.25, 0.3) is 0 Å². The molecule has 0 amide bonds. The van der Waals surface area contributed by atoms with Gasteiger partial charge in [-0.15, -0.1) is 0 Å². The van der Waals surface area contributed by atoms with Crippen LogP contribution in [0.5, 0.6) is 5.75 Å². The molecular formula is C22H16AgO3. The molecule has 3 aromatic carbocycles. The monoisotopic (exact) mass is 435 g/mol.